The van der Waals surface area contributed by atoms with Crippen molar-refractivity contribution < 1.29 is 9.59 Å². The number of hydrazone groups is 1. The Morgan fingerprint density at radius 1 is 1.13 bits per heavy atom. The van der Waals surface area contributed by atoms with E-state index in [0.717, 1.165) is 11.1 Å². The summed E-state index contributed by atoms with van der Waals surface area (Å²) in [5.41, 5.74) is 4.69. The van der Waals surface area contributed by atoms with E-state index >= 15 is 0 Å². The van der Waals surface area contributed by atoms with Crippen LogP contribution in [-0.4, -0.2) is 24.6 Å². The number of benzene rings is 2. The first-order valence-corrected chi connectivity index (χ1v) is 7.35. The third-order valence-electron chi connectivity index (χ3n) is 3.01. The van der Waals surface area contributed by atoms with Crippen LogP contribution in [0.1, 0.15) is 21.5 Å². The van der Waals surface area contributed by atoms with Crippen LogP contribution in [0.25, 0.3) is 0 Å². The van der Waals surface area contributed by atoms with Gasteiger partial charge in [-0.15, -0.1) is 0 Å². The van der Waals surface area contributed by atoms with Gasteiger partial charge in [-0.25, -0.2) is 5.43 Å². The number of hydrogen-bond acceptors (Lipinski definition) is 3. The highest BCUT2D eigenvalue weighted by molar-refractivity contribution is 6.33. The van der Waals surface area contributed by atoms with Gasteiger partial charge in [0, 0.05) is 0 Å². The molecule has 0 radical (unpaired) electrons. The molecule has 2 N–H and O–H groups in total. The van der Waals surface area contributed by atoms with E-state index in [-0.39, 0.29) is 6.54 Å². The average Bonchev–Trinajstić information content (AvgIpc) is 2.55. The molecule has 0 aliphatic carbocycles. The van der Waals surface area contributed by atoms with Gasteiger partial charge in [-0.1, -0.05) is 53.6 Å². The second-order valence-electron chi connectivity index (χ2n) is 4.87. The Kier molecular flexibility index (Phi) is 5.88. The van der Waals surface area contributed by atoms with Crippen LogP contribution in [0.3, 0.4) is 0 Å². The summed E-state index contributed by atoms with van der Waals surface area (Å²) in [7, 11) is 0. The van der Waals surface area contributed by atoms with E-state index in [0.29, 0.717) is 10.6 Å². The van der Waals surface area contributed by atoms with Crippen LogP contribution in [0.4, 0.5) is 0 Å². The number of nitrogens with zero attached hydrogens (tertiary/aromatic N) is 1. The molecule has 6 heteroatoms. The third-order valence-corrected chi connectivity index (χ3v) is 3.34. The fourth-order valence-electron chi connectivity index (χ4n) is 1.77. The van der Waals surface area contributed by atoms with Crippen molar-refractivity contribution in [3.8, 4) is 0 Å². The second kappa shape index (κ2) is 8.10. The summed E-state index contributed by atoms with van der Waals surface area (Å²) in [4.78, 5) is 23.5. The maximum atomic E-state index is 11.9. The molecule has 0 bridgehead atoms. The summed E-state index contributed by atoms with van der Waals surface area (Å²) in [5.74, 6) is -0.831. The predicted molar refractivity (Wildman–Crippen MR) is 90.7 cm³/mol. The van der Waals surface area contributed by atoms with E-state index < -0.39 is 11.8 Å². The number of hydrogen-bond donors (Lipinski definition) is 2. The highest BCUT2D eigenvalue weighted by atomic mass is 35.5. The Hall–Kier alpha value is -2.66. The van der Waals surface area contributed by atoms with Crippen molar-refractivity contribution in [3.05, 3.63) is 70.2 Å². The van der Waals surface area contributed by atoms with Gasteiger partial charge in [0.2, 0.25) is 0 Å². The summed E-state index contributed by atoms with van der Waals surface area (Å²) in [6.07, 6.45) is 1.53. The van der Waals surface area contributed by atoms with Gasteiger partial charge in [-0.3, -0.25) is 9.59 Å². The van der Waals surface area contributed by atoms with E-state index in [2.05, 4.69) is 15.8 Å². The fourth-order valence-corrected chi connectivity index (χ4v) is 1.99. The van der Waals surface area contributed by atoms with Gasteiger partial charge in [0.25, 0.3) is 11.8 Å². The molecule has 0 aromatic heterocycles. The molecule has 0 spiro atoms. The molecule has 2 aromatic rings. The van der Waals surface area contributed by atoms with Gasteiger partial charge in [-0.05, 0) is 24.6 Å². The summed E-state index contributed by atoms with van der Waals surface area (Å²) < 4.78 is 0. The normalized spacial score (nSPS) is 10.5. The monoisotopic (exact) mass is 329 g/mol. The van der Waals surface area contributed by atoms with Crippen LogP contribution < -0.4 is 10.7 Å². The SMILES string of the molecule is Cc1ccc(/C=N/NC(=O)CNC(=O)c2ccccc2Cl)cc1. The number of nitrogens with one attached hydrogen (secondary N) is 2. The Morgan fingerprint density at radius 3 is 2.52 bits per heavy atom. The van der Waals surface area contributed by atoms with Crippen molar-refractivity contribution in [2.75, 3.05) is 6.54 Å². The smallest absolute Gasteiger partial charge is 0.259 e. The zero-order valence-electron chi connectivity index (χ0n) is 12.5. The van der Waals surface area contributed by atoms with E-state index in [1.807, 2.05) is 31.2 Å². The molecule has 0 saturated heterocycles. The first-order chi connectivity index (χ1) is 11.1. The van der Waals surface area contributed by atoms with Gasteiger partial charge in [-0.2, -0.15) is 5.10 Å². The van der Waals surface area contributed by atoms with Crippen LogP contribution in [0.2, 0.25) is 5.02 Å². The lowest BCUT2D eigenvalue weighted by Crippen LogP contribution is -2.35. The lowest BCUT2D eigenvalue weighted by atomic mass is 10.2. The minimum Gasteiger partial charge on any atom is -0.343 e. The maximum absolute atomic E-state index is 11.9. The van der Waals surface area contributed by atoms with Gasteiger partial charge >= 0.3 is 0 Å². The van der Waals surface area contributed by atoms with E-state index in [4.69, 9.17) is 11.6 Å². The minimum atomic E-state index is -0.422. The Morgan fingerprint density at radius 2 is 1.83 bits per heavy atom. The largest absolute Gasteiger partial charge is 0.343 e. The zero-order valence-corrected chi connectivity index (χ0v) is 13.3. The number of amides is 2. The predicted octanol–water partition coefficient (Wildman–Crippen LogP) is 2.53. The van der Waals surface area contributed by atoms with Crippen molar-refractivity contribution >= 4 is 29.6 Å². The lowest BCUT2D eigenvalue weighted by Gasteiger charge is -2.05. The molecule has 0 unspecified atom stereocenters. The molecule has 2 aromatic carbocycles. The second-order valence-corrected chi connectivity index (χ2v) is 5.27. The summed E-state index contributed by atoms with van der Waals surface area (Å²) in [6.45, 7) is 1.81. The summed E-state index contributed by atoms with van der Waals surface area (Å²) in [5, 5.41) is 6.66. The van der Waals surface area contributed by atoms with Crippen LogP contribution >= 0.6 is 11.6 Å². The van der Waals surface area contributed by atoms with Crippen molar-refractivity contribution in [3.63, 3.8) is 0 Å². The Labute approximate surface area is 139 Å². The topological polar surface area (TPSA) is 70.6 Å². The van der Waals surface area contributed by atoms with Gasteiger partial charge in [0.15, 0.2) is 0 Å². The zero-order chi connectivity index (χ0) is 16.7. The van der Waals surface area contributed by atoms with Gasteiger partial charge in [0.05, 0.1) is 23.3 Å². The van der Waals surface area contributed by atoms with E-state index in [1.54, 1.807) is 24.3 Å². The van der Waals surface area contributed by atoms with Crippen LogP contribution in [0.5, 0.6) is 0 Å². The van der Waals surface area contributed by atoms with E-state index in [9.17, 15) is 9.59 Å². The van der Waals surface area contributed by atoms with Crippen LogP contribution in [0, 0.1) is 6.92 Å². The number of carbonyl (C=O) groups excluding carboxylic acids is 2. The molecule has 0 atom stereocenters. The number of halogens is 1. The molecule has 0 heterocycles. The summed E-state index contributed by atoms with van der Waals surface area (Å²) in [6, 6.07) is 14.3. The van der Waals surface area contributed by atoms with Gasteiger partial charge in [0.1, 0.15) is 0 Å². The van der Waals surface area contributed by atoms with Crippen molar-refractivity contribution in [2.24, 2.45) is 5.10 Å². The minimum absolute atomic E-state index is 0.185. The molecule has 0 saturated carbocycles. The van der Waals surface area contributed by atoms with Crippen molar-refractivity contribution in [2.45, 2.75) is 6.92 Å². The highest BCUT2D eigenvalue weighted by Crippen LogP contribution is 2.14. The molecule has 5 nitrogen and oxygen atoms in total. The fraction of sp³-hybridized carbons (Fsp3) is 0.118. The molecule has 118 valence electrons. The molecular weight excluding hydrogens is 314 g/mol. The molecule has 2 amide bonds. The highest BCUT2D eigenvalue weighted by Gasteiger charge is 2.10. The van der Waals surface area contributed by atoms with Gasteiger partial charge < -0.3 is 5.32 Å². The molecular formula is C17H16ClN3O2. The maximum Gasteiger partial charge on any atom is 0.259 e. The Balaban J connectivity index is 1.80. The molecule has 0 aliphatic rings. The van der Waals surface area contributed by atoms with Crippen molar-refractivity contribution in [1.82, 2.24) is 10.7 Å². The van der Waals surface area contributed by atoms with Crippen molar-refractivity contribution in [1.29, 1.82) is 0 Å². The quantitative estimate of drug-likeness (QED) is 0.653. The van der Waals surface area contributed by atoms with Crippen LogP contribution in [-0.2, 0) is 4.79 Å². The molecule has 0 aliphatic heterocycles. The first-order valence-electron chi connectivity index (χ1n) is 6.97. The van der Waals surface area contributed by atoms with Crippen LogP contribution in [0.15, 0.2) is 53.6 Å². The number of aryl methyl sites for hydroxylation is 1. The van der Waals surface area contributed by atoms with E-state index in [1.165, 1.54) is 6.21 Å². The number of carbonyl (C=O) groups is 2. The standard InChI is InChI=1S/C17H16ClN3O2/c1-12-6-8-13(9-7-12)10-20-21-16(22)11-19-17(23)14-4-2-3-5-15(14)18/h2-10H,11H2,1H3,(H,19,23)(H,21,22)/b20-10+. The average molecular weight is 330 g/mol. The Bertz CT molecular complexity index is 727. The molecule has 2 rings (SSSR count). The number of rotatable bonds is 5. The summed E-state index contributed by atoms with van der Waals surface area (Å²) >= 11 is 5.91. The molecule has 0 fully saturated rings. The molecule has 23 heavy (non-hydrogen) atoms. The first kappa shape index (κ1) is 16.7. The third kappa shape index (κ3) is 5.23. The lowest BCUT2D eigenvalue weighted by molar-refractivity contribution is -0.120.